The number of likely N-dealkylation sites (N-methyl/N-ethyl adjacent to an activating group) is 1. The number of phenolic OH excluding ortho intramolecular Hbond substituents is 2. The first kappa shape index (κ1) is 41.1. The first-order valence-electron chi connectivity index (χ1n) is 19.9. The minimum Gasteiger partial charge on any atom is -0.507 e. The van der Waals surface area contributed by atoms with Gasteiger partial charge in [-0.15, -0.1) is 0 Å². The molecular weight excluding hydrogens is 764 g/mol. The van der Waals surface area contributed by atoms with Gasteiger partial charge in [0.15, 0.2) is 24.6 Å². The van der Waals surface area contributed by atoms with E-state index in [0.717, 1.165) is 11.3 Å². The lowest BCUT2D eigenvalue weighted by Gasteiger charge is -2.43. The summed E-state index contributed by atoms with van der Waals surface area (Å²) in [5, 5.41) is 36.6. The monoisotopic (exact) mass is 817 g/mol. The molecule has 3 aromatic carbocycles. The first-order chi connectivity index (χ1) is 28.2. The smallest absolute Gasteiger partial charge is 0.202 e. The summed E-state index contributed by atoms with van der Waals surface area (Å²) in [5.74, 6) is -1.65. The highest BCUT2D eigenvalue weighted by Gasteiger charge is 2.55. The van der Waals surface area contributed by atoms with Crippen LogP contribution in [0, 0.1) is 0 Å². The first-order valence-corrected chi connectivity index (χ1v) is 19.9. The molecule has 2 aliphatic carbocycles. The van der Waals surface area contributed by atoms with Crippen LogP contribution in [-0.4, -0.2) is 146 Å². The van der Waals surface area contributed by atoms with Gasteiger partial charge in [0.05, 0.1) is 76.9 Å². The average molecular weight is 818 g/mol. The summed E-state index contributed by atoms with van der Waals surface area (Å²) in [7, 11) is 8.71. The molecule has 5 N–H and O–H groups in total. The van der Waals surface area contributed by atoms with Gasteiger partial charge in [-0.3, -0.25) is 19.5 Å². The van der Waals surface area contributed by atoms with Crippen molar-refractivity contribution in [3.8, 4) is 23.0 Å². The molecule has 3 heterocycles. The quantitative estimate of drug-likeness (QED) is 0.0746. The number of nitrogens with two attached hydrogens (primary N) is 1. The fourth-order valence-electron chi connectivity index (χ4n) is 9.42. The second kappa shape index (κ2) is 15.7. The molecule has 16 heteroatoms. The molecule has 3 fully saturated rings. The summed E-state index contributed by atoms with van der Waals surface area (Å²) < 4.78 is 42.1. The third-order valence-electron chi connectivity index (χ3n) is 12.4. The van der Waals surface area contributed by atoms with Crippen molar-refractivity contribution < 1.29 is 62.5 Å². The Kier molecular flexibility index (Phi) is 11.0. The van der Waals surface area contributed by atoms with E-state index in [1.54, 1.807) is 26.4 Å². The Morgan fingerprint density at radius 3 is 2.46 bits per heavy atom. The minimum atomic E-state index is -1.90. The number of ketones is 2. The number of amidine groups is 1. The van der Waals surface area contributed by atoms with Crippen molar-refractivity contribution in [3.05, 3.63) is 81.4 Å². The van der Waals surface area contributed by atoms with E-state index in [0.29, 0.717) is 37.1 Å². The summed E-state index contributed by atoms with van der Waals surface area (Å²) in [6.45, 7) is 4.47. The molecule has 0 unspecified atom stereocenters. The number of hydrogen-bond acceptors (Lipinski definition) is 14. The fraction of sp³-hybridized carbons (Fsp3) is 0.512. The van der Waals surface area contributed by atoms with E-state index in [-0.39, 0.29) is 76.5 Å². The molecule has 16 nitrogen and oxygen atoms in total. The van der Waals surface area contributed by atoms with Gasteiger partial charge < -0.3 is 58.7 Å². The molecule has 59 heavy (non-hydrogen) atoms. The number of aliphatic hydroxyl groups is 1. The summed E-state index contributed by atoms with van der Waals surface area (Å²) in [4.78, 5) is 35.1. The Morgan fingerprint density at radius 2 is 1.75 bits per heavy atom. The van der Waals surface area contributed by atoms with Gasteiger partial charge in [-0.2, -0.15) is 0 Å². The number of ether oxygens (including phenoxy) is 7. The Balaban J connectivity index is 1.13. The Morgan fingerprint density at radius 1 is 1.00 bits per heavy atom. The number of quaternary nitrogens is 1. The van der Waals surface area contributed by atoms with Crippen LogP contribution < -0.4 is 15.2 Å². The Bertz CT molecular complexity index is 2160. The molecule has 0 radical (unpaired) electrons. The maximum Gasteiger partial charge on any atom is 0.202 e. The van der Waals surface area contributed by atoms with Crippen LogP contribution in [0.2, 0.25) is 0 Å². The van der Waals surface area contributed by atoms with Gasteiger partial charge in [0, 0.05) is 61.2 Å². The van der Waals surface area contributed by atoms with Crippen LogP contribution in [0.1, 0.15) is 74.4 Å². The second-order valence-corrected chi connectivity index (χ2v) is 16.6. The van der Waals surface area contributed by atoms with Crippen molar-refractivity contribution in [1.82, 2.24) is 4.90 Å². The average Bonchev–Trinajstić information content (AvgIpc) is 3.60. The summed E-state index contributed by atoms with van der Waals surface area (Å²) >= 11 is 0. The van der Waals surface area contributed by atoms with Crippen molar-refractivity contribution in [2.75, 3.05) is 61.7 Å². The maximum atomic E-state index is 14.2. The highest BCUT2D eigenvalue weighted by Crippen LogP contribution is 2.53. The third kappa shape index (κ3) is 7.24. The number of carbonyl (C=O) groups excluding carboxylic acids is 2. The van der Waals surface area contributed by atoms with E-state index in [1.165, 1.54) is 13.2 Å². The highest BCUT2D eigenvalue weighted by atomic mass is 16.7. The number of morpholine rings is 1. The number of fused-ring (bicyclic) bond motifs is 6. The number of carbonyl (C=O) groups is 2. The van der Waals surface area contributed by atoms with Crippen LogP contribution in [0.25, 0.3) is 0 Å². The van der Waals surface area contributed by atoms with Crippen molar-refractivity contribution >= 4 is 17.4 Å². The molecule has 0 saturated carbocycles. The van der Waals surface area contributed by atoms with Crippen LogP contribution >= 0.6 is 0 Å². The summed E-state index contributed by atoms with van der Waals surface area (Å²) in [6.07, 6.45) is -4.03. The Hall–Kier alpha value is -4.65. The molecule has 316 valence electrons. The molecule has 5 aliphatic rings. The third-order valence-corrected chi connectivity index (χ3v) is 12.4. The number of methoxy groups -OCH3 is 3. The molecule has 3 saturated heterocycles. The zero-order valence-electron chi connectivity index (χ0n) is 34.2. The van der Waals surface area contributed by atoms with Crippen molar-refractivity contribution in [3.63, 3.8) is 0 Å². The maximum absolute atomic E-state index is 14.2. The summed E-state index contributed by atoms with van der Waals surface area (Å²) in [6, 6.07) is 12.3. The highest BCUT2D eigenvalue weighted by molar-refractivity contribution is 6.31. The number of aliphatic imine (C=N–C) groups is 1. The predicted molar refractivity (Wildman–Crippen MR) is 212 cm³/mol. The van der Waals surface area contributed by atoms with E-state index < -0.39 is 59.7 Å². The number of aromatic hydroxyl groups is 2. The molecule has 0 bridgehead atoms. The number of phenols is 2. The largest absolute Gasteiger partial charge is 0.507 e. The molecule has 0 spiro atoms. The molecule has 3 aromatic rings. The van der Waals surface area contributed by atoms with Crippen LogP contribution in [0.5, 0.6) is 23.0 Å². The van der Waals surface area contributed by atoms with Gasteiger partial charge in [-0.05, 0) is 37.3 Å². The molecule has 8 atom stereocenters. The predicted octanol–water partition coefficient (Wildman–Crippen LogP) is 2.79. The number of hydrogen-bond donors (Lipinski definition) is 4. The van der Waals surface area contributed by atoms with Crippen LogP contribution in [0.4, 0.5) is 0 Å². The van der Waals surface area contributed by atoms with E-state index >= 15 is 0 Å². The van der Waals surface area contributed by atoms with Crippen LogP contribution in [-0.2, 0) is 36.6 Å². The van der Waals surface area contributed by atoms with E-state index in [4.69, 9.17) is 38.9 Å². The Labute approximate surface area is 342 Å². The van der Waals surface area contributed by atoms with E-state index in [2.05, 4.69) is 24.0 Å². The zero-order chi connectivity index (χ0) is 42.0. The lowest BCUT2D eigenvalue weighted by Crippen LogP contribution is -2.55. The van der Waals surface area contributed by atoms with Gasteiger partial charge in [0.1, 0.15) is 47.1 Å². The second-order valence-electron chi connectivity index (χ2n) is 16.6. The topological polar surface area (TPSA) is 201 Å². The lowest BCUT2D eigenvalue weighted by atomic mass is 9.72. The van der Waals surface area contributed by atoms with E-state index in [9.17, 15) is 24.9 Å². The summed E-state index contributed by atoms with van der Waals surface area (Å²) in [5.41, 5.74) is 5.21. The number of rotatable bonds is 11. The van der Waals surface area contributed by atoms with Crippen molar-refractivity contribution in [2.24, 2.45) is 10.7 Å². The number of benzene rings is 3. The molecular formula is C43H53N4O12+. The van der Waals surface area contributed by atoms with E-state index in [1.807, 2.05) is 31.2 Å². The fourth-order valence-corrected chi connectivity index (χ4v) is 9.42. The van der Waals surface area contributed by atoms with Gasteiger partial charge in [0.2, 0.25) is 5.78 Å². The number of nitrogens with zero attached hydrogens (tertiary/aromatic N) is 3. The van der Waals surface area contributed by atoms with Gasteiger partial charge in [-0.1, -0.05) is 12.1 Å². The SMILES string of the molecule is COc1ccc(C[N+](C)(C)CCN=C(N)[C@]2(O)Cc3c(O)c4c(c(O)c3[C@@H](O[C@H]3C[C@H]5[C@H](O[C@@H]6[C@@H](OC)OCCN65)[C@H](C)O3)C2)C(=O)c2c(OC)cccc2C4=O)cc1. The normalized spacial score (nSPS) is 29.3. The van der Waals surface area contributed by atoms with Crippen LogP contribution in [0.3, 0.4) is 0 Å². The van der Waals surface area contributed by atoms with Crippen molar-refractivity contribution in [2.45, 2.75) is 81.5 Å². The molecule has 8 rings (SSSR count). The van der Waals surface area contributed by atoms with Gasteiger partial charge >= 0.3 is 0 Å². The molecule has 0 aromatic heterocycles. The van der Waals surface area contributed by atoms with Crippen LogP contribution in [0.15, 0.2) is 47.5 Å². The van der Waals surface area contributed by atoms with Crippen molar-refractivity contribution in [1.29, 1.82) is 0 Å². The molecule has 0 amide bonds. The molecule has 3 aliphatic heterocycles. The standard InChI is InChI=1S/C43H52N4O12/c1-22-39-27(46-15-17-56-41(55-6)40(46)59-39)18-30(57-22)58-29-20-43(52,42(44)45-14-16-47(2,3)21-23-10-12-24(53-4)13-11-23)19-26-32(29)38(51)34-33(36(26)49)35(48)25-8-7-9-28(54-5)31(25)37(34)50/h7-13,22,27,29-30,39-41,52H,14-21H2,1-6H3,(H3-,44,45,48,49,50,51)/p+1/t22-,27-,29-,30-,39+,40+,41-,43-/m0/s1. The van der Waals surface area contributed by atoms with Gasteiger partial charge in [-0.25, -0.2) is 0 Å². The zero-order valence-corrected chi connectivity index (χ0v) is 34.2. The lowest BCUT2D eigenvalue weighted by molar-refractivity contribution is -0.902. The minimum absolute atomic E-state index is 0.0156. The van der Waals surface area contributed by atoms with Gasteiger partial charge in [0.25, 0.3) is 0 Å².